The third-order valence-corrected chi connectivity index (χ3v) is 6.18. The van der Waals surface area contributed by atoms with Gasteiger partial charge in [0.05, 0.1) is 17.1 Å². The highest BCUT2D eigenvalue weighted by molar-refractivity contribution is 7.89. The molecule has 1 heterocycles. The van der Waals surface area contributed by atoms with Gasteiger partial charge in [-0.2, -0.15) is 0 Å². The standard InChI is InChI=1S/C19H21N3O5S/c1-13(23)22-12-18(27-17-7-5-4-6-16(17)22)19(24)20-14-8-10-15(11-9-14)28(25,26)21(2)3/h4-11,18H,12H2,1-3H3,(H,20,24). The Balaban J connectivity index is 1.76. The van der Waals surface area contributed by atoms with Crippen LogP contribution in [0.1, 0.15) is 6.92 Å². The highest BCUT2D eigenvalue weighted by Gasteiger charge is 2.32. The maximum Gasteiger partial charge on any atom is 0.267 e. The fourth-order valence-electron chi connectivity index (χ4n) is 2.81. The number of nitrogens with zero attached hydrogens (tertiary/aromatic N) is 2. The number of carbonyl (C=O) groups excluding carboxylic acids is 2. The van der Waals surface area contributed by atoms with Gasteiger partial charge in [-0.15, -0.1) is 0 Å². The molecular weight excluding hydrogens is 382 g/mol. The summed E-state index contributed by atoms with van der Waals surface area (Å²) in [5, 5.41) is 2.70. The van der Waals surface area contributed by atoms with Crippen molar-refractivity contribution >= 4 is 33.2 Å². The second kappa shape index (κ2) is 7.61. The third-order valence-electron chi connectivity index (χ3n) is 4.35. The molecule has 1 aliphatic heterocycles. The minimum Gasteiger partial charge on any atom is -0.476 e. The van der Waals surface area contributed by atoms with E-state index in [0.717, 1.165) is 4.31 Å². The van der Waals surface area contributed by atoms with Gasteiger partial charge < -0.3 is 15.0 Å². The third kappa shape index (κ3) is 3.85. The SMILES string of the molecule is CC(=O)N1CC(C(=O)Nc2ccc(S(=O)(=O)N(C)C)cc2)Oc2ccccc21. The van der Waals surface area contributed by atoms with E-state index in [2.05, 4.69) is 5.32 Å². The summed E-state index contributed by atoms with van der Waals surface area (Å²) in [5.41, 5.74) is 1.05. The molecule has 0 bridgehead atoms. The number of carbonyl (C=O) groups is 2. The first-order valence-corrected chi connectivity index (χ1v) is 10.0. The number of sulfonamides is 1. The summed E-state index contributed by atoms with van der Waals surface area (Å²) in [6.45, 7) is 1.52. The highest BCUT2D eigenvalue weighted by Crippen LogP contribution is 2.33. The number of para-hydroxylation sites is 2. The minimum atomic E-state index is -3.54. The predicted molar refractivity (Wildman–Crippen MR) is 105 cm³/mol. The molecule has 0 aromatic heterocycles. The molecule has 0 radical (unpaired) electrons. The van der Waals surface area contributed by atoms with Crippen molar-refractivity contribution < 1.29 is 22.7 Å². The molecule has 2 amide bonds. The number of anilines is 2. The molecule has 0 aliphatic carbocycles. The van der Waals surface area contributed by atoms with Crippen LogP contribution in [0.2, 0.25) is 0 Å². The van der Waals surface area contributed by atoms with Gasteiger partial charge in [-0.3, -0.25) is 9.59 Å². The van der Waals surface area contributed by atoms with Crippen molar-refractivity contribution in [2.75, 3.05) is 30.9 Å². The van der Waals surface area contributed by atoms with Crippen molar-refractivity contribution in [3.63, 3.8) is 0 Å². The summed E-state index contributed by atoms with van der Waals surface area (Å²) in [5.74, 6) is -0.160. The van der Waals surface area contributed by atoms with Crippen LogP contribution in [-0.2, 0) is 19.6 Å². The maximum absolute atomic E-state index is 12.6. The summed E-state index contributed by atoms with van der Waals surface area (Å²) < 4.78 is 31.1. The van der Waals surface area contributed by atoms with E-state index in [4.69, 9.17) is 4.74 Å². The van der Waals surface area contributed by atoms with Gasteiger partial charge in [0.15, 0.2) is 6.10 Å². The van der Waals surface area contributed by atoms with Gasteiger partial charge in [0.1, 0.15) is 5.75 Å². The van der Waals surface area contributed by atoms with Crippen LogP contribution in [0.5, 0.6) is 5.75 Å². The van der Waals surface area contributed by atoms with Crippen LogP contribution in [0, 0.1) is 0 Å². The number of nitrogens with one attached hydrogen (secondary N) is 1. The molecular formula is C19H21N3O5S. The second-order valence-corrected chi connectivity index (χ2v) is 8.66. The summed E-state index contributed by atoms with van der Waals surface area (Å²) in [4.78, 5) is 26.2. The minimum absolute atomic E-state index is 0.0886. The fraction of sp³-hybridized carbons (Fsp3) is 0.263. The average Bonchev–Trinajstić information content (AvgIpc) is 2.67. The molecule has 9 heteroatoms. The van der Waals surface area contributed by atoms with Crippen LogP contribution in [0.4, 0.5) is 11.4 Å². The van der Waals surface area contributed by atoms with Crippen molar-refractivity contribution in [1.82, 2.24) is 4.31 Å². The van der Waals surface area contributed by atoms with Crippen LogP contribution in [-0.4, -0.2) is 51.3 Å². The van der Waals surface area contributed by atoms with Gasteiger partial charge in [0, 0.05) is 26.7 Å². The number of rotatable bonds is 4. The van der Waals surface area contributed by atoms with Crippen molar-refractivity contribution in [2.45, 2.75) is 17.9 Å². The van der Waals surface area contributed by atoms with Crippen molar-refractivity contribution in [3.05, 3.63) is 48.5 Å². The normalized spacial score (nSPS) is 16.3. The molecule has 0 saturated heterocycles. The van der Waals surface area contributed by atoms with Crippen molar-refractivity contribution in [1.29, 1.82) is 0 Å². The molecule has 2 aromatic carbocycles. The highest BCUT2D eigenvalue weighted by atomic mass is 32.2. The zero-order chi connectivity index (χ0) is 20.5. The van der Waals surface area contributed by atoms with Crippen LogP contribution >= 0.6 is 0 Å². The first kappa shape index (κ1) is 19.8. The number of amides is 2. The largest absolute Gasteiger partial charge is 0.476 e. The molecule has 0 spiro atoms. The molecule has 3 rings (SSSR count). The van der Waals surface area contributed by atoms with E-state index >= 15 is 0 Å². The van der Waals surface area contributed by atoms with Crippen molar-refractivity contribution in [3.8, 4) is 5.75 Å². The van der Waals surface area contributed by atoms with E-state index < -0.39 is 22.0 Å². The first-order chi connectivity index (χ1) is 13.2. The molecule has 2 aromatic rings. The van der Waals surface area contributed by atoms with Crippen LogP contribution in [0.3, 0.4) is 0 Å². The van der Waals surface area contributed by atoms with Crippen LogP contribution in [0.25, 0.3) is 0 Å². The van der Waals surface area contributed by atoms with Gasteiger partial charge in [-0.05, 0) is 36.4 Å². The Morgan fingerprint density at radius 3 is 2.36 bits per heavy atom. The summed E-state index contributed by atoms with van der Waals surface area (Å²) in [6, 6.07) is 12.9. The quantitative estimate of drug-likeness (QED) is 0.838. The summed E-state index contributed by atoms with van der Waals surface area (Å²) in [7, 11) is -0.644. The first-order valence-electron chi connectivity index (χ1n) is 8.57. The Morgan fingerprint density at radius 2 is 1.75 bits per heavy atom. The van der Waals surface area contributed by atoms with E-state index in [9.17, 15) is 18.0 Å². The Kier molecular flexibility index (Phi) is 5.39. The molecule has 8 nitrogen and oxygen atoms in total. The lowest BCUT2D eigenvalue weighted by atomic mass is 10.1. The number of benzene rings is 2. The molecule has 28 heavy (non-hydrogen) atoms. The topological polar surface area (TPSA) is 96.0 Å². The second-order valence-electron chi connectivity index (χ2n) is 6.50. The van der Waals surface area contributed by atoms with E-state index in [0.29, 0.717) is 17.1 Å². The van der Waals surface area contributed by atoms with Crippen molar-refractivity contribution in [2.24, 2.45) is 0 Å². The Hall–Kier alpha value is -2.91. The van der Waals surface area contributed by atoms with Gasteiger partial charge in [-0.25, -0.2) is 12.7 Å². The van der Waals surface area contributed by atoms with E-state index in [-0.39, 0.29) is 17.3 Å². The zero-order valence-electron chi connectivity index (χ0n) is 15.7. The lowest BCUT2D eigenvalue weighted by Crippen LogP contribution is -2.48. The number of hydrogen-bond donors (Lipinski definition) is 1. The van der Waals surface area contributed by atoms with E-state index in [1.54, 1.807) is 24.3 Å². The smallest absolute Gasteiger partial charge is 0.267 e. The molecule has 1 N–H and O–H groups in total. The number of ether oxygens (including phenoxy) is 1. The Labute approximate surface area is 163 Å². The molecule has 1 aliphatic rings. The molecule has 0 fully saturated rings. The van der Waals surface area contributed by atoms with E-state index in [1.165, 1.54) is 50.2 Å². The molecule has 0 saturated carbocycles. The fourth-order valence-corrected chi connectivity index (χ4v) is 3.71. The summed E-state index contributed by atoms with van der Waals surface area (Å²) in [6.07, 6.45) is -0.885. The van der Waals surface area contributed by atoms with Gasteiger partial charge in [-0.1, -0.05) is 12.1 Å². The molecule has 148 valence electrons. The predicted octanol–water partition coefficient (Wildman–Crippen LogP) is 1.69. The molecule has 1 unspecified atom stereocenters. The van der Waals surface area contributed by atoms with Crippen LogP contribution in [0.15, 0.2) is 53.4 Å². The maximum atomic E-state index is 12.6. The lowest BCUT2D eigenvalue weighted by Gasteiger charge is -2.33. The van der Waals surface area contributed by atoms with Gasteiger partial charge in [0.2, 0.25) is 15.9 Å². The number of hydrogen-bond acceptors (Lipinski definition) is 5. The average molecular weight is 403 g/mol. The van der Waals surface area contributed by atoms with Gasteiger partial charge in [0.25, 0.3) is 5.91 Å². The lowest BCUT2D eigenvalue weighted by molar-refractivity contribution is -0.123. The number of fused-ring (bicyclic) bond motifs is 1. The monoisotopic (exact) mass is 403 g/mol. The van der Waals surface area contributed by atoms with E-state index in [1.807, 2.05) is 0 Å². The Bertz CT molecular complexity index is 1000. The summed E-state index contributed by atoms with van der Waals surface area (Å²) >= 11 is 0. The van der Waals surface area contributed by atoms with Gasteiger partial charge >= 0.3 is 0 Å². The Morgan fingerprint density at radius 1 is 1.11 bits per heavy atom. The van der Waals surface area contributed by atoms with Crippen LogP contribution < -0.4 is 15.0 Å². The molecule has 1 atom stereocenters. The zero-order valence-corrected chi connectivity index (χ0v) is 16.6.